The number of nitrogens with two attached hydrogens (primary N) is 1. The Kier molecular flexibility index (Phi) is 5.45. The van der Waals surface area contributed by atoms with Crippen LogP contribution in [0, 0.1) is 18.8 Å². The molecular formula is C29H30N2O2. The fourth-order valence-electron chi connectivity index (χ4n) is 5.39. The summed E-state index contributed by atoms with van der Waals surface area (Å²) >= 11 is 0. The molecule has 0 spiro atoms. The zero-order chi connectivity index (χ0) is 23.0. The lowest BCUT2D eigenvalue weighted by Gasteiger charge is -2.34. The van der Waals surface area contributed by atoms with Gasteiger partial charge in [0.1, 0.15) is 22.9 Å². The van der Waals surface area contributed by atoms with Crippen LogP contribution in [0.5, 0.6) is 5.75 Å². The van der Waals surface area contributed by atoms with Crippen LogP contribution in [0.25, 0.3) is 0 Å². The number of hydrogen-bond acceptors (Lipinski definition) is 4. The van der Waals surface area contributed by atoms with E-state index in [0.29, 0.717) is 17.7 Å². The van der Waals surface area contributed by atoms with Gasteiger partial charge in [0.25, 0.3) is 0 Å². The molecule has 3 aliphatic rings. The third-order valence-corrected chi connectivity index (χ3v) is 7.07. The van der Waals surface area contributed by atoms with Crippen molar-refractivity contribution >= 4 is 5.84 Å². The lowest BCUT2D eigenvalue weighted by atomic mass is 9.72. The minimum atomic E-state index is -0.675. The maximum atomic E-state index is 6.51. The summed E-state index contributed by atoms with van der Waals surface area (Å²) in [6.07, 6.45) is 15.4. The largest absolute Gasteiger partial charge is 0.497 e. The van der Waals surface area contributed by atoms with E-state index in [-0.39, 0.29) is 0 Å². The van der Waals surface area contributed by atoms with Crippen LogP contribution >= 0.6 is 0 Å². The van der Waals surface area contributed by atoms with Gasteiger partial charge in [-0.15, -0.1) is 0 Å². The van der Waals surface area contributed by atoms with Gasteiger partial charge in [0.15, 0.2) is 0 Å². The quantitative estimate of drug-likeness (QED) is 0.663. The Bertz CT molecular complexity index is 1230. The Morgan fingerprint density at radius 3 is 2.45 bits per heavy atom. The van der Waals surface area contributed by atoms with Gasteiger partial charge in [-0.1, -0.05) is 54.6 Å². The minimum Gasteiger partial charge on any atom is -0.497 e. The van der Waals surface area contributed by atoms with Crippen LogP contribution in [0.3, 0.4) is 0 Å². The Morgan fingerprint density at radius 1 is 0.939 bits per heavy atom. The Hall–Kier alpha value is -3.53. The number of nitrogens with zero attached hydrogens (tertiary/aromatic N) is 1. The molecule has 3 atom stereocenters. The predicted molar refractivity (Wildman–Crippen MR) is 133 cm³/mol. The fraction of sp³-hybridized carbons (Fsp3) is 0.276. The molecule has 0 fully saturated rings. The van der Waals surface area contributed by atoms with E-state index in [2.05, 4.69) is 73.7 Å². The maximum absolute atomic E-state index is 6.51. The number of hydrogen-bond donors (Lipinski definition) is 1. The van der Waals surface area contributed by atoms with Gasteiger partial charge in [0.2, 0.25) is 0 Å². The number of amidine groups is 1. The number of aliphatic imine (C=N–C) groups is 1. The smallest absolute Gasteiger partial charge is 0.138 e. The summed E-state index contributed by atoms with van der Waals surface area (Å²) in [4.78, 5) is 5.17. The van der Waals surface area contributed by atoms with Gasteiger partial charge in [0.05, 0.1) is 14.2 Å². The average Bonchev–Trinajstić information content (AvgIpc) is 3.17. The van der Waals surface area contributed by atoms with E-state index in [4.69, 9.17) is 20.2 Å². The summed E-state index contributed by atoms with van der Waals surface area (Å²) in [5, 5.41) is 0. The molecule has 1 aliphatic heterocycles. The summed E-state index contributed by atoms with van der Waals surface area (Å²) in [5.41, 5.74) is 11.3. The average molecular weight is 439 g/mol. The first kappa shape index (κ1) is 21.3. The molecule has 0 radical (unpaired) electrons. The van der Waals surface area contributed by atoms with Crippen molar-refractivity contribution in [2.45, 2.75) is 25.3 Å². The SMILES string of the molecule is COC1=CC(C2C=C(C3(c4ccc(OC)c(C)c4)N=C(N)c4ccccc43)C=CC2)CC=C1. The molecule has 0 saturated heterocycles. The van der Waals surface area contributed by atoms with Crippen molar-refractivity contribution in [1.29, 1.82) is 0 Å². The van der Waals surface area contributed by atoms with Gasteiger partial charge >= 0.3 is 0 Å². The van der Waals surface area contributed by atoms with Crippen molar-refractivity contribution in [3.63, 3.8) is 0 Å². The van der Waals surface area contributed by atoms with E-state index in [1.807, 2.05) is 12.1 Å². The summed E-state index contributed by atoms with van der Waals surface area (Å²) in [7, 11) is 3.44. The molecule has 2 aliphatic carbocycles. The third-order valence-electron chi connectivity index (χ3n) is 7.07. The second kappa shape index (κ2) is 8.43. The highest BCUT2D eigenvalue weighted by atomic mass is 16.5. The van der Waals surface area contributed by atoms with E-state index in [9.17, 15) is 0 Å². The third kappa shape index (κ3) is 3.50. The van der Waals surface area contributed by atoms with E-state index < -0.39 is 5.54 Å². The number of rotatable bonds is 5. The lowest BCUT2D eigenvalue weighted by molar-refractivity contribution is 0.295. The summed E-state index contributed by atoms with van der Waals surface area (Å²) in [6, 6.07) is 14.7. The van der Waals surface area contributed by atoms with Crippen LogP contribution in [-0.4, -0.2) is 20.1 Å². The molecule has 4 nitrogen and oxygen atoms in total. The highest BCUT2D eigenvalue weighted by Gasteiger charge is 2.44. The van der Waals surface area contributed by atoms with Crippen molar-refractivity contribution < 1.29 is 9.47 Å². The molecule has 4 heteroatoms. The number of methoxy groups -OCH3 is 2. The van der Waals surface area contributed by atoms with Gasteiger partial charge in [0, 0.05) is 5.56 Å². The first-order valence-electron chi connectivity index (χ1n) is 11.5. The first-order chi connectivity index (χ1) is 16.1. The summed E-state index contributed by atoms with van der Waals surface area (Å²) in [6.45, 7) is 2.07. The highest BCUT2D eigenvalue weighted by molar-refractivity contribution is 6.03. The summed E-state index contributed by atoms with van der Waals surface area (Å²) < 4.78 is 11.0. The molecule has 0 bridgehead atoms. The van der Waals surface area contributed by atoms with Crippen molar-refractivity contribution in [1.82, 2.24) is 0 Å². The zero-order valence-corrected chi connectivity index (χ0v) is 19.4. The van der Waals surface area contributed by atoms with Crippen LogP contribution in [0.2, 0.25) is 0 Å². The van der Waals surface area contributed by atoms with Crippen molar-refractivity contribution in [2.75, 3.05) is 14.2 Å². The van der Waals surface area contributed by atoms with Gasteiger partial charge < -0.3 is 15.2 Å². The van der Waals surface area contributed by atoms with Crippen LogP contribution in [0.4, 0.5) is 0 Å². The lowest BCUT2D eigenvalue weighted by Crippen LogP contribution is -2.28. The standard InChI is InChI=1S/C29H30N2O2/c1-19-16-23(14-15-27(19)33-3)29(26-13-5-4-12-25(26)28(30)31-29)22-10-6-8-20(17-22)21-9-7-11-24(18-21)32-2/h4-7,10-18,20-21H,8-9H2,1-3H3,(H2,30,31). The van der Waals surface area contributed by atoms with Crippen LogP contribution in [-0.2, 0) is 10.3 Å². The van der Waals surface area contributed by atoms with Gasteiger partial charge in [-0.05, 0) is 78.1 Å². The number of aryl methyl sites for hydroxylation is 1. The molecule has 2 N–H and O–H groups in total. The number of benzene rings is 2. The fourth-order valence-corrected chi connectivity index (χ4v) is 5.39. The first-order valence-corrected chi connectivity index (χ1v) is 11.5. The van der Waals surface area contributed by atoms with Crippen LogP contribution in [0.15, 0.2) is 95.2 Å². The number of fused-ring (bicyclic) bond motifs is 1. The second-order valence-corrected chi connectivity index (χ2v) is 8.94. The molecule has 0 amide bonds. The maximum Gasteiger partial charge on any atom is 0.138 e. The molecule has 0 aromatic heterocycles. The van der Waals surface area contributed by atoms with E-state index >= 15 is 0 Å². The van der Waals surface area contributed by atoms with E-state index in [0.717, 1.165) is 52.2 Å². The van der Waals surface area contributed by atoms with Crippen LogP contribution in [0.1, 0.15) is 35.1 Å². The van der Waals surface area contributed by atoms with E-state index in [1.54, 1.807) is 14.2 Å². The van der Waals surface area contributed by atoms with Crippen molar-refractivity contribution in [3.05, 3.63) is 113 Å². The molecule has 3 unspecified atom stereocenters. The molecular weight excluding hydrogens is 408 g/mol. The molecule has 5 rings (SSSR count). The number of allylic oxidation sites excluding steroid dienone is 5. The van der Waals surface area contributed by atoms with Gasteiger partial charge in [-0.25, -0.2) is 4.99 Å². The molecule has 33 heavy (non-hydrogen) atoms. The molecule has 2 aromatic carbocycles. The molecule has 0 saturated carbocycles. The van der Waals surface area contributed by atoms with Gasteiger partial charge in [-0.3, -0.25) is 0 Å². The highest BCUT2D eigenvalue weighted by Crippen LogP contribution is 2.49. The monoisotopic (exact) mass is 438 g/mol. The topological polar surface area (TPSA) is 56.8 Å². The van der Waals surface area contributed by atoms with Crippen molar-refractivity contribution in [2.24, 2.45) is 22.6 Å². The Morgan fingerprint density at radius 2 is 1.70 bits per heavy atom. The Labute approximate surface area is 195 Å². The van der Waals surface area contributed by atoms with Crippen LogP contribution < -0.4 is 10.5 Å². The molecule has 2 aromatic rings. The predicted octanol–water partition coefficient (Wildman–Crippen LogP) is 5.58. The Balaban J connectivity index is 1.67. The number of ether oxygens (including phenoxy) is 2. The van der Waals surface area contributed by atoms with Crippen molar-refractivity contribution in [3.8, 4) is 5.75 Å². The summed E-state index contributed by atoms with van der Waals surface area (Å²) in [5.74, 6) is 3.13. The second-order valence-electron chi connectivity index (χ2n) is 8.94. The van der Waals surface area contributed by atoms with Gasteiger partial charge in [-0.2, -0.15) is 0 Å². The normalized spacial score (nSPS) is 25.7. The molecule has 168 valence electrons. The van der Waals surface area contributed by atoms with E-state index in [1.165, 1.54) is 0 Å². The zero-order valence-electron chi connectivity index (χ0n) is 19.4. The minimum absolute atomic E-state index is 0.362. The molecule has 1 heterocycles.